The van der Waals surface area contributed by atoms with Crippen molar-refractivity contribution in [3.8, 4) is 0 Å². The van der Waals surface area contributed by atoms with Gasteiger partial charge in [-0.2, -0.15) is 0 Å². The van der Waals surface area contributed by atoms with Gasteiger partial charge in [-0.1, -0.05) is 157 Å². The highest BCUT2D eigenvalue weighted by molar-refractivity contribution is 8.00. The number of fused-ring (bicyclic) bond motifs is 1. The monoisotopic (exact) mass is 847 g/mol. The topological polar surface area (TPSA) is 139 Å². The molecule has 13 heteroatoms. The van der Waals surface area contributed by atoms with Crippen molar-refractivity contribution in [2.75, 3.05) is 18.2 Å². The molecule has 11 nitrogen and oxygen atoms in total. The van der Waals surface area contributed by atoms with Crippen molar-refractivity contribution in [1.82, 2.24) is 15.2 Å². The SMILES string of the molecule is CO/N=C(/C(=O)NC1C(=O)N2C(C(=O)OC(c3ccccc3)c3ccccc3)=C(CC(C)=O)CSC12)c1csc(NC(c2ccccc2)(c2ccccc2)c2ccccc2)n1. The third-order valence-corrected chi connectivity index (χ3v) is 12.6. The van der Waals surface area contributed by atoms with Gasteiger partial charge in [-0.05, 0) is 40.3 Å². The third kappa shape index (κ3) is 8.34. The summed E-state index contributed by atoms with van der Waals surface area (Å²) in [7, 11) is 1.33. The standard InChI is InChI=1S/C48H41N5O6S2/c1-31(54)28-34-29-60-45-40(44(56)53(45)41(34)46(57)59-42(32-18-8-3-9-19-32)33-20-10-4-11-21-33)50-43(55)39(52-58-2)38-30-61-47(49-38)51-48(35-22-12-5-13-23-35,36-24-14-6-15-25-36)37-26-16-7-17-27-37/h3-27,30,40,42,45H,28-29H2,1-2H3,(H,49,51)(H,50,55)/b52-39+. The summed E-state index contributed by atoms with van der Waals surface area (Å²) < 4.78 is 6.19. The van der Waals surface area contributed by atoms with Gasteiger partial charge in [0.15, 0.2) is 16.9 Å². The number of hydrogen-bond donors (Lipinski definition) is 2. The van der Waals surface area contributed by atoms with Crippen LogP contribution in [0.25, 0.3) is 0 Å². The molecule has 2 aliphatic rings. The van der Waals surface area contributed by atoms with Gasteiger partial charge in [-0.15, -0.1) is 23.1 Å². The lowest BCUT2D eigenvalue weighted by molar-refractivity contribution is -0.154. The Balaban J connectivity index is 1.05. The molecule has 306 valence electrons. The minimum atomic E-state index is -1.02. The number of oxime groups is 1. The number of carbonyl (C=O) groups is 4. The Labute approximate surface area is 361 Å². The molecule has 5 aromatic carbocycles. The number of Topliss-reactive ketones (excluding diaryl/α,β-unsaturated/α-hetero) is 1. The minimum Gasteiger partial charge on any atom is -0.448 e. The van der Waals surface area contributed by atoms with Crippen LogP contribution < -0.4 is 10.6 Å². The molecule has 1 aromatic heterocycles. The second-order valence-corrected chi connectivity index (χ2v) is 16.4. The van der Waals surface area contributed by atoms with Crippen LogP contribution in [0.2, 0.25) is 0 Å². The van der Waals surface area contributed by atoms with Crippen LogP contribution in [0.5, 0.6) is 0 Å². The summed E-state index contributed by atoms with van der Waals surface area (Å²) in [6.45, 7) is 1.44. The summed E-state index contributed by atoms with van der Waals surface area (Å²) in [5.74, 6) is -1.83. The molecule has 2 unspecified atom stereocenters. The summed E-state index contributed by atoms with van der Waals surface area (Å²) in [6, 6.07) is 47.8. The zero-order valence-electron chi connectivity index (χ0n) is 33.3. The van der Waals surface area contributed by atoms with Crippen molar-refractivity contribution in [3.63, 3.8) is 0 Å². The molecule has 3 heterocycles. The molecule has 0 radical (unpaired) electrons. The van der Waals surface area contributed by atoms with Crippen LogP contribution >= 0.6 is 23.1 Å². The molecule has 2 amide bonds. The van der Waals surface area contributed by atoms with Crippen molar-refractivity contribution < 1.29 is 28.8 Å². The van der Waals surface area contributed by atoms with Crippen LogP contribution in [0.1, 0.15) is 53.0 Å². The van der Waals surface area contributed by atoms with E-state index in [2.05, 4.69) is 52.2 Å². The average Bonchev–Trinajstić information content (AvgIpc) is 3.77. The average molecular weight is 848 g/mol. The minimum absolute atomic E-state index is 0.0195. The van der Waals surface area contributed by atoms with E-state index in [1.165, 1.54) is 42.0 Å². The van der Waals surface area contributed by atoms with Crippen molar-refractivity contribution in [2.24, 2.45) is 5.16 Å². The largest absolute Gasteiger partial charge is 0.448 e. The molecular weight excluding hydrogens is 807 g/mol. The lowest BCUT2D eigenvalue weighted by Gasteiger charge is -2.49. The number of nitrogens with one attached hydrogen (secondary N) is 2. The van der Waals surface area contributed by atoms with E-state index in [9.17, 15) is 19.2 Å². The number of ketones is 1. The first-order valence-corrected chi connectivity index (χ1v) is 21.5. The second-order valence-electron chi connectivity index (χ2n) is 14.4. The molecule has 61 heavy (non-hydrogen) atoms. The number of β-lactam (4-membered cyclic amide) rings is 1. The molecule has 2 aliphatic heterocycles. The van der Waals surface area contributed by atoms with Crippen LogP contribution in [0.4, 0.5) is 5.13 Å². The van der Waals surface area contributed by atoms with Gasteiger partial charge in [-0.25, -0.2) is 9.78 Å². The molecule has 0 bridgehead atoms. The molecule has 1 fully saturated rings. The number of amides is 2. The fourth-order valence-corrected chi connectivity index (χ4v) is 9.84. The molecule has 6 aromatic rings. The molecule has 0 saturated carbocycles. The molecular formula is C48H41N5O6S2. The zero-order chi connectivity index (χ0) is 42.3. The first-order chi connectivity index (χ1) is 29.8. The van der Waals surface area contributed by atoms with Crippen LogP contribution in [0, 0.1) is 0 Å². The van der Waals surface area contributed by atoms with Crippen LogP contribution in [-0.2, 0) is 34.3 Å². The fraction of sp³-hybridized carbons (Fsp3) is 0.167. The lowest BCUT2D eigenvalue weighted by atomic mass is 9.77. The Hall–Kier alpha value is -6.83. The number of thioether (sulfide) groups is 1. The molecule has 2 N–H and O–H groups in total. The van der Waals surface area contributed by atoms with E-state index in [0.717, 1.165) is 27.8 Å². The molecule has 2 atom stereocenters. The van der Waals surface area contributed by atoms with Crippen molar-refractivity contribution >= 4 is 57.5 Å². The maximum absolute atomic E-state index is 14.2. The van der Waals surface area contributed by atoms with Crippen LogP contribution in [0.15, 0.2) is 173 Å². The number of benzene rings is 5. The van der Waals surface area contributed by atoms with Gasteiger partial charge in [0.2, 0.25) is 0 Å². The zero-order valence-corrected chi connectivity index (χ0v) is 34.9. The van der Waals surface area contributed by atoms with Crippen molar-refractivity contribution in [2.45, 2.75) is 36.4 Å². The van der Waals surface area contributed by atoms with Gasteiger partial charge in [0.25, 0.3) is 11.8 Å². The number of carbonyl (C=O) groups excluding carboxylic acids is 4. The smallest absolute Gasteiger partial charge is 0.356 e. The van der Waals surface area contributed by atoms with Gasteiger partial charge in [0.1, 0.15) is 41.2 Å². The highest BCUT2D eigenvalue weighted by Gasteiger charge is 2.55. The Kier molecular flexibility index (Phi) is 12.2. The summed E-state index contributed by atoms with van der Waals surface area (Å²) >= 11 is 2.65. The van der Waals surface area contributed by atoms with Gasteiger partial charge in [0, 0.05) is 17.6 Å². The van der Waals surface area contributed by atoms with E-state index in [4.69, 9.17) is 14.6 Å². The third-order valence-electron chi connectivity index (χ3n) is 10.5. The molecule has 1 saturated heterocycles. The number of thiazole rings is 1. The van der Waals surface area contributed by atoms with Gasteiger partial charge in [-0.3, -0.25) is 19.3 Å². The number of rotatable bonds is 15. The number of ether oxygens (including phenoxy) is 1. The predicted octanol–water partition coefficient (Wildman–Crippen LogP) is 7.86. The lowest BCUT2D eigenvalue weighted by Crippen LogP contribution is -2.71. The fourth-order valence-electron chi connectivity index (χ4n) is 7.74. The number of nitrogens with zero attached hydrogens (tertiary/aromatic N) is 3. The second kappa shape index (κ2) is 18.2. The van der Waals surface area contributed by atoms with Gasteiger partial charge >= 0.3 is 5.97 Å². The maximum atomic E-state index is 14.2. The van der Waals surface area contributed by atoms with E-state index in [0.29, 0.717) is 10.7 Å². The summed E-state index contributed by atoms with van der Waals surface area (Å²) in [5.41, 5.74) is 4.16. The highest BCUT2D eigenvalue weighted by atomic mass is 32.2. The Bertz CT molecular complexity index is 2450. The van der Waals surface area contributed by atoms with E-state index < -0.39 is 40.8 Å². The van der Waals surface area contributed by atoms with E-state index in [-0.39, 0.29) is 35.1 Å². The maximum Gasteiger partial charge on any atom is 0.356 e. The van der Waals surface area contributed by atoms with Crippen LogP contribution in [0.3, 0.4) is 0 Å². The van der Waals surface area contributed by atoms with Crippen molar-refractivity contribution in [3.05, 3.63) is 202 Å². The number of hydrogen-bond acceptors (Lipinski definition) is 11. The highest BCUT2D eigenvalue weighted by Crippen LogP contribution is 2.43. The Morgan fingerprint density at radius 2 is 1.31 bits per heavy atom. The number of esters is 1. The number of anilines is 1. The van der Waals surface area contributed by atoms with Crippen molar-refractivity contribution in [1.29, 1.82) is 0 Å². The first kappa shape index (κ1) is 40.9. The summed E-state index contributed by atoms with van der Waals surface area (Å²) in [5, 5.41) is 12.2. The Morgan fingerprint density at radius 1 is 0.803 bits per heavy atom. The quantitative estimate of drug-likeness (QED) is 0.0348. The van der Waals surface area contributed by atoms with Gasteiger partial charge in [0.05, 0.1) is 0 Å². The van der Waals surface area contributed by atoms with E-state index >= 15 is 0 Å². The van der Waals surface area contributed by atoms with Gasteiger partial charge < -0.3 is 20.2 Å². The molecule has 0 aliphatic carbocycles. The van der Waals surface area contributed by atoms with Crippen LogP contribution in [-0.4, -0.2) is 63.4 Å². The summed E-state index contributed by atoms with van der Waals surface area (Å²) in [4.78, 5) is 66.1. The predicted molar refractivity (Wildman–Crippen MR) is 237 cm³/mol. The van der Waals surface area contributed by atoms with E-state index in [1.807, 2.05) is 115 Å². The first-order valence-electron chi connectivity index (χ1n) is 19.6. The molecule has 8 rings (SSSR count). The van der Waals surface area contributed by atoms with E-state index in [1.54, 1.807) is 5.38 Å². The number of aromatic nitrogens is 1. The molecule has 0 spiro atoms. The Morgan fingerprint density at radius 3 is 1.80 bits per heavy atom. The summed E-state index contributed by atoms with van der Waals surface area (Å²) in [6.07, 6.45) is -0.804. The normalized spacial score (nSPS) is 16.3.